The minimum absolute atomic E-state index is 0.303. The van der Waals surface area contributed by atoms with Gasteiger partial charge in [-0.3, -0.25) is 4.79 Å². The van der Waals surface area contributed by atoms with Crippen molar-refractivity contribution >= 4 is 16.9 Å². The summed E-state index contributed by atoms with van der Waals surface area (Å²) in [5.74, 6) is -0.436. The van der Waals surface area contributed by atoms with E-state index in [9.17, 15) is 9.59 Å². The molecule has 0 saturated heterocycles. The van der Waals surface area contributed by atoms with E-state index in [-0.39, 0.29) is 5.56 Å². The average Bonchev–Trinajstić information content (AvgIpc) is 2.55. The van der Waals surface area contributed by atoms with E-state index >= 15 is 0 Å². The van der Waals surface area contributed by atoms with Crippen LogP contribution in [0.25, 0.3) is 10.9 Å². The average molecular weight is 337 g/mol. The number of carboxylic acid groups (broad SMARTS) is 1. The third-order valence-electron chi connectivity index (χ3n) is 3.23. The largest absolute Gasteiger partial charge is 0.487 e. The Labute approximate surface area is 137 Å². The summed E-state index contributed by atoms with van der Waals surface area (Å²) in [6, 6.07) is 4.52. The normalized spacial score (nSPS) is 10.8. The standard InChI is InChI=1S/C16H19NO7/c1-21-3-5-23-13-8-10-7-11(16(19)20)15(18)17-12(10)9-14(13)24-6-4-22-2/h7-9H,3-6H2,1-2H3,(H,17,18)(H,19,20). The fourth-order valence-corrected chi connectivity index (χ4v) is 2.07. The Hall–Kier alpha value is -2.58. The van der Waals surface area contributed by atoms with Crippen molar-refractivity contribution in [2.75, 3.05) is 40.6 Å². The summed E-state index contributed by atoms with van der Waals surface area (Å²) in [5, 5.41) is 9.59. The highest BCUT2D eigenvalue weighted by Gasteiger charge is 2.14. The lowest BCUT2D eigenvalue weighted by atomic mass is 10.1. The van der Waals surface area contributed by atoms with Crippen LogP contribution in [0.15, 0.2) is 23.0 Å². The van der Waals surface area contributed by atoms with Crippen molar-refractivity contribution in [2.45, 2.75) is 0 Å². The monoisotopic (exact) mass is 337 g/mol. The second-order valence-electron chi connectivity index (χ2n) is 4.89. The lowest BCUT2D eigenvalue weighted by molar-refractivity contribution is 0.0695. The maximum Gasteiger partial charge on any atom is 0.341 e. The molecule has 0 saturated carbocycles. The Kier molecular flexibility index (Phi) is 6.16. The maximum atomic E-state index is 11.8. The van der Waals surface area contributed by atoms with E-state index in [1.54, 1.807) is 26.4 Å². The zero-order valence-electron chi connectivity index (χ0n) is 13.5. The van der Waals surface area contributed by atoms with Gasteiger partial charge < -0.3 is 29.0 Å². The summed E-state index contributed by atoms with van der Waals surface area (Å²) < 4.78 is 21.1. The van der Waals surface area contributed by atoms with E-state index in [0.29, 0.717) is 48.8 Å². The van der Waals surface area contributed by atoms with E-state index in [1.807, 2.05) is 0 Å². The van der Waals surface area contributed by atoms with Crippen LogP contribution in [0.1, 0.15) is 10.4 Å². The zero-order chi connectivity index (χ0) is 17.5. The second kappa shape index (κ2) is 8.32. The molecule has 1 heterocycles. The van der Waals surface area contributed by atoms with Crippen LogP contribution in [-0.4, -0.2) is 56.7 Å². The van der Waals surface area contributed by atoms with Crippen LogP contribution in [-0.2, 0) is 9.47 Å². The van der Waals surface area contributed by atoms with Gasteiger partial charge in [0.2, 0.25) is 0 Å². The number of aromatic carboxylic acids is 1. The molecule has 24 heavy (non-hydrogen) atoms. The fraction of sp³-hybridized carbons (Fsp3) is 0.375. The first-order chi connectivity index (χ1) is 11.6. The fourth-order valence-electron chi connectivity index (χ4n) is 2.07. The van der Waals surface area contributed by atoms with Crippen LogP contribution in [0.4, 0.5) is 0 Å². The SMILES string of the molecule is COCCOc1cc2cc(C(=O)O)c(=O)[nH]c2cc1OCCOC. The summed E-state index contributed by atoms with van der Waals surface area (Å²) in [6.07, 6.45) is 0. The van der Waals surface area contributed by atoms with Gasteiger partial charge in [-0.25, -0.2) is 4.79 Å². The molecule has 0 unspecified atom stereocenters. The smallest absolute Gasteiger partial charge is 0.341 e. The molecule has 0 fully saturated rings. The lowest BCUT2D eigenvalue weighted by Gasteiger charge is -2.14. The highest BCUT2D eigenvalue weighted by Crippen LogP contribution is 2.31. The molecule has 0 spiro atoms. The van der Waals surface area contributed by atoms with Crippen molar-refractivity contribution in [1.82, 2.24) is 4.98 Å². The number of hydrogen-bond donors (Lipinski definition) is 2. The van der Waals surface area contributed by atoms with Gasteiger partial charge in [0.05, 0.1) is 18.7 Å². The summed E-state index contributed by atoms with van der Waals surface area (Å²) in [5.41, 5.74) is -0.555. The molecular weight excluding hydrogens is 318 g/mol. The number of pyridine rings is 1. The predicted octanol–water partition coefficient (Wildman–Crippen LogP) is 1.28. The van der Waals surface area contributed by atoms with Crippen molar-refractivity contribution < 1.29 is 28.8 Å². The molecule has 2 aromatic rings. The van der Waals surface area contributed by atoms with Gasteiger partial charge in [-0.2, -0.15) is 0 Å². The molecule has 0 atom stereocenters. The molecule has 0 aliphatic heterocycles. The van der Waals surface area contributed by atoms with Gasteiger partial charge in [-0.15, -0.1) is 0 Å². The van der Waals surface area contributed by atoms with Gasteiger partial charge in [0.15, 0.2) is 11.5 Å². The molecule has 0 amide bonds. The number of rotatable bonds is 9. The van der Waals surface area contributed by atoms with Crippen molar-refractivity contribution in [3.8, 4) is 11.5 Å². The molecule has 1 aromatic heterocycles. The first kappa shape index (κ1) is 17.8. The summed E-state index contributed by atoms with van der Waals surface area (Å²) in [7, 11) is 3.12. The molecule has 8 nitrogen and oxygen atoms in total. The Morgan fingerprint density at radius 2 is 1.58 bits per heavy atom. The Morgan fingerprint density at radius 3 is 2.12 bits per heavy atom. The highest BCUT2D eigenvalue weighted by molar-refractivity contribution is 5.93. The molecule has 2 N–H and O–H groups in total. The number of carbonyl (C=O) groups is 1. The van der Waals surface area contributed by atoms with Gasteiger partial charge in [0.1, 0.15) is 18.8 Å². The van der Waals surface area contributed by atoms with E-state index in [1.165, 1.54) is 6.07 Å². The molecule has 0 bridgehead atoms. The van der Waals surface area contributed by atoms with Crippen molar-refractivity contribution in [3.05, 3.63) is 34.1 Å². The highest BCUT2D eigenvalue weighted by atomic mass is 16.5. The van der Waals surface area contributed by atoms with Crippen LogP contribution in [0.2, 0.25) is 0 Å². The number of nitrogens with one attached hydrogen (secondary N) is 1. The van der Waals surface area contributed by atoms with Crippen molar-refractivity contribution in [2.24, 2.45) is 0 Å². The van der Waals surface area contributed by atoms with Crippen LogP contribution in [0.3, 0.4) is 0 Å². The third-order valence-corrected chi connectivity index (χ3v) is 3.23. The second-order valence-corrected chi connectivity index (χ2v) is 4.89. The number of ether oxygens (including phenoxy) is 4. The van der Waals surface area contributed by atoms with Crippen LogP contribution in [0.5, 0.6) is 11.5 Å². The number of hydrogen-bond acceptors (Lipinski definition) is 6. The molecule has 0 radical (unpaired) electrons. The maximum absolute atomic E-state index is 11.8. The molecule has 0 aliphatic rings. The first-order valence-electron chi connectivity index (χ1n) is 7.24. The predicted molar refractivity (Wildman–Crippen MR) is 86.3 cm³/mol. The minimum Gasteiger partial charge on any atom is -0.487 e. The number of carboxylic acids is 1. The summed E-state index contributed by atoms with van der Waals surface area (Å²) >= 11 is 0. The molecule has 1 aromatic carbocycles. The molecule has 2 rings (SSSR count). The Morgan fingerprint density at radius 1 is 1.00 bits per heavy atom. The summed E-state index contributed by atoms with van der Waals surface area (Å²) in [4.78, 5) is 25.4. The number of H-pyrrole nitrogens is 1. The van der Waals surface area contributed by atoms with Gasteiger partial charge in [-0.1, -0.05) is 0 Å². The topological polar surface area (TPSA) is 107 Å². The zero-order valence-corrected chi connectivity index (χ0v) is 13.5. The molecule has 8 heteroatoms. The quantitative estimate of drug-likeness (QED) is 0.664. The number of benzene rings is 1. The van der Waals surface area contributed by atoms with Crippen LogP contribution < -0.4 is 15.0 Å². The van der Waals surface area contributed by atoms with E-state index < -0.39 is 11.5 Å². The van der Waals surface area contributed by atoms with Crippen molar-refractivity contribution in [1.29, 1.82) is 0 Å². The Bertz CT molecular complexity index is 769. The van der Waals surface area contributed by atoms with E-state index in [4.69, 9.17) is 24.1 Å². The number of aromatic nitrogens is 1. The number of methoxy groups -OCH3 is 2. The first-order valence-corrected chi connectivity index (χ1v) is 7.24. The molecular formula is C16H19NO7. The van der Waals surface area contributed by atoms with Gasteiger partial charge >= 0.3 is 5.97 Å². The molecule has 130 valence electrons. The van der Waals surface area contributed by atoms with Crippen molar-refractivity contribution in [3.63, 3.8) is 0 Å². The van der Waals surface area contributed by atoms with Gasteiger partial charge in [0, 0.05) is 25.7 Å². The summed E-state index contributed by atoms with van der Waals surface area (Å²) in [6.45, 7) is 1.39. The van der Waals surface area contributed by atoms with Crippen LogP contribution in [0, 0.1) is 0 Å². The number of aromatic amines is 1. The third kappa shape index (κ3) is 4.24. The van der Waals surface area contributed by atoms with Crippen LogP contribution >= 0.6 is 0 Å². The lowest BCUT2D eigenvalue weighted by Crippen LogP contribution is -2.17. The van der Waals surface area contributed by atoms with Gasteiger partial charge in [0.25, 0.3) is 5.56 Å². The van der Waals surface area contributed by atoms with E-state index in [2.05, 4.69) is 4.98 Å². The molecule has 0 aliphatic carbocycles. The van der Waals surface area contributed by atoms with E-state index in [0.717, 1.165) is 0 Å². The minimum atomic E-state index is -1.29. The number of fused-ring (bicyclic) bond motifs is 1. The van der Waals surface area contributed by atoms with Gasteiger partial charge in [-0.05, 0) is 12.1 Å². The Balaban J connectivity index is 2.43.